The van der Waals surface area contributed by atoms with Gasteiger partial charge < -0.3 is 14.5 Å². The summed E-state index contributed by atoms with van der Waals surface area (Å²) in [7, 11) is 1.50. The average molecular weight is 238 g/mol. The largest absolute Gasteiger partial charge is 0.464 e. The third kappa shape index (κ3) is 1.84. The molecular weight excluding hydrogens is 228 g/mol. The van der Waals surface area contributed by atoms with Crippen molar-refractivity contribution in [3.05, 3.63) is 36.3 Å². The Kier molecular flexibility index (Phi) is 2.76. The van der Waals surface area contributed by atoms with E-state index in [0.29, 0.717) is 5.76 Å². The molecular formula is C10H10N2O3S. The van der Waals surface area contributed by atoms with E-state index in [1.807, 2.05) is 0 Å². The molecule has 0 radical (unpaired) electrons. The second-order valence-electron chi connectivity index (χ2n) is 3.19. The van der Waals surface area contributed by atoms with Gasteiger partial charge in [-0.3, -0.25) is 10.1 Å². The van der Waals surface area contributed by atoms with Gasteiger partial charge in [0.25, 0.3) is 0 Å². The summed E-state index contributed by atoms with van der Waals surface area (Å²) in [5, 5.41) is 5.53. The summed E-state index contributed by atoms with van der Waals surface area (Å²) in [4.78, 5) is 11.3. The van der Waals surface area contributed by atoms with Crippen LogP contribution in [0.15, 0.2) is 35.0 Å². The van der Waals surface area contributed by atoms with Crippen LogP contribution in [0.3, 0.4) is 0 Å². The molecule has 0 spiro atoms. The molecule has 1 atom stereocenters. The van der Waals surface area contributed by atoms with Gasteiger partial charge in [-0.05, 0) is 30.4 Å². The first-order chi connectivity index (χ1) is 7.66. The molecule has 0 bridgehead atoms. The minimum Gasteiger partial charge on any atom is -0.464 e. The lowest BCUT2D eigenvalue weighted by Gasteiger charge is -2.27. The van der Waals surface area contributed by atoms with E-state index in [1.165, 1.54) is 19.4 Å². The lowest BCUT2D eigenvalue weighted by atomic mass is 10.1. The fraction of sp³-hybridized carbons (Fsp3) is 0.200. The van der Waals surface area contributed by atoms with Gasteiger partial charge in [-0.15, -0.1) is 0 Å². The molecule has 16 heavy (non-hydrogen) atoms. The van der Waals surface area contributed by atoms with Crippen LogP contribution in [0.1, 0.15) is 5.76 Å². The summed E-state index contributed by atoms with van der Waals surface area (Å²) >= 11 is 4.95. The first-order valence-electron chi connectivity index (χ1n) is 4.58. The third-order valence-electron chi connectivity index (χ3n) is 2.21. The number of amides is 1. The minimum atomic E-state index is -1.04. The van der Waals surface area contributed by atoms with Crippen molar-refractivity contribution in [2.24, 2.45) is 0 Å². The van der Waals surface area contributed by atoms with Crippen LogP contribution < -0.4 is 10.6 Å². The van der Waals surface area contributed by atoms with Gasteiger partial charge in [-0.2, -0.15) is 0 Å². The highest BCUT2D eigenvalue weighted by Gasteiger charge is 2.35. The Morgan fingerprint density at radius 2 is 2.38 bits per heavy atom. The van der Waals surface area contributed by atoms with E-state index in [1.54, 1.807) is 18.2 Å². The fourth-order valence-electron chi connectivity index (χ4n) is 1.44. The van der Waals surface area contributed by atoms with Gasteiger partial charge in [0.15, 0.2) is 10.9 Å². The van der Waals surface area contributed by atoms with Gasteiger partial charge in [-0.1, -0.05) is 0 Å². The van der Waals surface area contributed by atoms with Crippen LogP contribution >= 0.6 is 12.2 Å². The standard InChI is InChI=1S/C10H10N2O3S/c1-14-10(7-3-2-6-15-7)5-4-8(13)11-9(16)12-10/h2-6H,1H3,(H2,11,12,13,16). The van der Waals surface area contributed by atoms with E-state index in [2.05, 4.69) is 10.6 Å². The average Bonchev–Trinajstić information content (AvgIpc) is 2.73. The maximum atomic E-state index is 11.3. The molecule has 1 amide bonds. The smallest absolute Gasteiger partial charge is 0.249 e. The molecule has 1 aliphatic heterocycles. The van der Waals surface area contributed by atoms with E-state index in [-0.39, 0.29) is 11.0 Å². The number of rotatable bonds is 2. The SMILES string of the molecule is COC1(c2ccco2)C=CC(=O)NC(=S)N1. The fourth-order valence-corrected chi connectivity index (χ4v) is 1.69. The summed E-state index contributed by atoms with van der Waals surface area (Å²) < 4.78 is 10.6. The van der Waals surface area contributed by atoms with Crippen LogP contribution in [0.2, 0.25) is 0 Å². The van der Waals surface area contributed by atoms with E-state index < -0.39 is 5.72 Å². The number of nitrogens with one attached hydrogen (secondary N) is 2. The lowest BCUT2D eigenvalue weighted by molar-refractivity contribution is -0.115. The van der Waals surface area contributed by atoms with Gasteiger partial charge in [0.1, 0.15) is 0 Å². The van der Waals surface area contributed by atoms with Crippen molar-refractivity contribution in [2.45, 2.75) is 5.72 Å². The zero-order valence-electron chi connectivity index (χ0n) is 8.52. The molecule has 0 saturated heterocycles. The first-order valence-corrected chi connectivity index (χ1v) is 4.98. The van der Waals surface area contributed by atoms with E-state index in [9.17, 15) is 4.79 Å². The summed E-state index contributed by atoms with van der Waals surface area (Å²) in [6, 6.07) is 3.47. The zero-order valence-corrected chi connectivity index (χ0v) is 9.34. The molecule has 5 nitrogen and oxygen atoms in total. The number of hydrogen-bond acceptors (Lipinski definition) is 4. The highest BCUT2D eigenvalue weighted by atomic mass is 32.1. The predicted octanol–water partition coefficient (Wildman–Crippen LogP) is 0.639. The monoisotopic (exact) mass is 238 g/mol. The van der Waals surface area contributed by atoms with Crippen molar-refractivity contribution in [3.8, 4) is 0 Å². The molecule has 84 valence electrons. The van der Waals surface area contributed by atoms with Crippen LogP contribution in [-0.2, 0) is 15.3 Å². The molecule has 0 saturated carbocycles. The molecule has 1 unspecified atom stereocenters. The van der Waals surface area contributed by atoms with Crippen molar-refractivity contribution in [3.63, 3.8) is 0 Å². The van der Waals surface area contributed by atoms with Crippen LogP contribution in [0, 0.1) is 0 Å². The van der Waals surface area contributed by atoms with Crippen molar-refractivity contribution >= 4 is 23.2 Å². The summed E-state index contributed by atoms with van der Waals surface area (Å²) in [5.74, 6) is 0.216. The first kappa shape index (κ1) is 10.8. The molecule has 2 rings (SSSR count). The van der Waals surface area contributed by atoms with E-state index in [0.717, 1.165) is 0 Å². The molecule has 0 aromatic carbocycles. The molecule has 6 heteroatoms. The number of furan rings is 1. The van der Waals surface area contributed by atoms with Crippen LogP contribution in [0.4, 0.5) is 0 Å². The van der Waals surface area contributed by atoms with Gasteiger partial charge in [-0.25, -0.2) is 0 Å². The van der Waals surface area contributed by atoms with Crippen LogP contribution in [0.25, 0.3) is 0 Å². The van der Waals surface area contributed by atoms with Crippen molar-refractivity contribution in [2.75, 3.05) is 7.11 Å². The minimum absolute atomic E-state index is 0.188. The highest BCUT2D eigenvalue weighted by molar-refractivity contribution is 7.80. The molecule has 0 fully saturated rings. The number of carbonyl (C=O) groups excluding carboxylic acids is 1. The summed E-state index contributed by atoms with van der Waals surface area (Å²) in [6.07, 6.45) is 4.42. The number of methoxy groups -OCH3 is 1. The third-order valence-corrected chi connectivity index (χ3v) is 2.42. The maximum absolute atomic E-state index is 11.3. The van der Waals surface area contributed by atoms with Crippen molar-refractivity contribution in [1.82, 2.24) is 10.6 Å². The van der Waals surface area contributed by atoms with Crippen molar-refractivity contribution in [1.29, 1.82) is 0 Å². The Bertz CT molecular complexity index is 441. The van der Waals surface area contributed by atoms with Crippen LogP contribution in [0.5, 0.6) is 0 Å². The highest BCUT2D eigenvalue weighted by Crippen LogP contribution is 2.25. The normalized spacial score (nSPS) is 24.8. The molecule has 1 aliphatic rings. The van der Waals surface area contributed by atoms with E-state index >= 15 is 0 Å². The molecule has 2 heterocycles. The van der Waals surface area contributed by atoms with Gasteiger partial charge in [0, 0.05) is 13.2 Å². The summed E-state index contributed by atoms with van der Waals surface area (Å²) in [6.45, 7) is 0. The molecule has 1 aromatic heterocycles. The number of hydrogen-bond donors (Lipinski definition) is 2. The number of ether oxygens (including phenoxy) is 1. The molecule has 2 N–H and O–H groups in total. The Balaban J connectivity index is 2.43. The van der Waals surface area contributed by atoms with Crippen LogP contribution in [-0.4, -0.2) is 18.1 Å². The second-order valence-corrected chi connectivity index (χ2v) is 3.60. The Morgan fingerprint density at radius 3 is 3.00 bits per heavy atom. The maximum Gasteiger partial charge on any atom is 0.249 e. The predicted molar refractivity (Wildman–Crippen MR) is 60.4 cm³/mol. The topological polar surface area (TPSA) is 63.5 Å². The van der Waals surface area contributed by atoms with Gasteiger partial charge >= 0.3 is 0 Å². The number of thiocarbonyl (C=S) groups is 1. The Labute approximate surface area is 97.5 Å². The quantitative estimate of drug-likeness (QED) is 0.740. The van der Waals surface area contributed by atoms with Gasteiger partial charge in [0.2, 0.25) is 11.6 Å². The van der Waals surface area contributed by atoms with E-state index in [4.69, 9.17) is 21.4 Å². The Hall–Kier alpha value is -1.66. The zero-order chi connectivity index (χ0) is 11.6. The number of carbonyl (C=O) groups is 1. The van der Waals surface area contributed by atoms with Crippen molar-refractivity contribution < 1.29 is 13.9 Å². The van der Waals surface area contributed by atoms with Gasteiger partial charge in [0.05, 0.1) is 6.26 Å². The lowest BCUT2D eigenvalue weighted by Crippen LogP contribution is -2.48. The summed E-state index contributed by atoms with van der Waals surface area (Å²) in [5.41, 5.74) is -1.04. The second kappa shape index (κ2) is 4.07. The molecule has 0 aliphatic carbocycles. The Morgan fingerprint density at radius 1 is 1.56 bits per heavy atom. The molecule has 1 aromatic rings.